The monoisotopic (exact) mass is 280 g/mol. The van der Waals surface area contributed by atoms with Gasteiger partial charge in [-0.05, 0) is 38.8 Å². The predicted octanol–water partition coefficient (Wildman–Crippen LogP) is 1.26. The number of hydrogen-bond acceptors (Lipinski definition) is 3. The minimum atomic E-state index is -0.870. The third kappa shape index (κ3) is 4.07. The van der Waals surface area contributed by atoms with Gasteiger partial charge in [0.05, 0.1) is 11.8 Å². The molecule has 0 aromatic heterocycles. The first-order valence-corrected chi connectivity index (χ1v) is 7.56. The topological polar surface area (TPSA) is 69.6 Å². The molecule has 5 heteroatoms. The van der Waals surface area contributed by atoms with E-state index in [1.54, 1.807) is 0 Å². The van der Waals surface area contributed by atoms with Gasteiger partial charge in [0.15, 0.2) is 0 Å². The van der Waals surface area contributed by atoms with Crippen molar-refractivity contribution in [1.29, 1.82) is 0 Å². The maximum absolute atomic E-state index is 12.1. The molecule has 1 heterocycles. The van der Waals surface area contributed by atoms with Crippen LogP contribution in [0.5, 0.6) is 0 Å². The summed E-state index contributed by atoms with van der Waals surface area (Å²) in [6.45, 7) is 3.71. The van der Waals surface area contributed by atoms with E-state index in [-0.39, 0.29) is 5.91 Å². The number of carboxylic acids is 1. The molecular formula is C15H24N2O3. The summed E-state index contributed by atoms with van der Waals surface area (Å²) >= 11 is 0. The van der Waals surface area contributed by atoms with Gasteiger partial charge in [-0.15, -0.1) is 0 Å². The molecule has 2 unspecified atom stereocenters. The van der Waals surface area contributed by atoms with Gasteiger partial charge in [0.1, 0.15) is 0 Å². The molecule has 2 rings (SSSR count). The molecule has 2 aliphatic rings. The van der Waals surface area contributed by atoms with Crippen molar-refractivity contribution in [2.75, 3.05) is 26.2 Å². The van der Waals surface area contributed by atoms with Crippen LogP contribution in [0, 0.1) is 11.8 Å². The van der Waals surface area contributed by atoms with Gasteiger partial charge in [-0.3, -0.25) is 9.59 Å². The molecule has 0 radical (unpaired) electrons. The number of carboxylic acid groups (broad SMARTS) is 1. The van der Waals surface area contributed by atoms with Crippen LogP contribution in [-0.4, -0.2) is 48.1 Å². The maximum atomic E-state index is 12.1. The van der Waals surface area contributed by atoms with Crippen LogP contribution in [0.3, 0.4) is 0 Å². The zero-order valence-corrected chi connectivity index (χ0v) is 11.9. The molecule has 2 N–H and O–H groups in total. The number of amides is 1. The predicted molar refractivity (Wildman–Crippen MR) is 76.3 cm³/mol. The molecule has 0 aromatic carbocycles. The van der Waals surface area contributed by atoms with Crippen molar-refractivity contribution >= 4 is 11.9 Å². The van der Waals surface area contributed by atoms with E-state index >= 15 is 0 Å². The minimum Gasteiger partial charge on any atom is -0.481 e. The average Bonchev–Trinajstić information content (AvgIpc) is 2.48. The van der Waals surface area contributed by atoms with Gasteiger partial charge in [-0.2, -0.15) is 0 Å². The largest absolute Gasteiger partial charge is 0.481 e. The summed E-state index contributed by atoms with van der Waals surface area (Å²) in [6.07, 6.45) is 8.54. The third-order valence-electron chi connectivity index (χ3n) is 4.26. The molecule has 0 aromatic rings. The van der Waals surface area contributed by atoms with Crippen molar-refractivity contribution in [3.8, 4) is 0 Å². The number of hydrogen-bond donors (Lipinski definition) is 2. The molecule has 0 bridgehead atoms. The molecule has 5 nitrogen and oxygen atoms in total. The summed E-state index contributed by atoms with van der Waals surface area (Å²) in [5, 5.41) is 12.1. The molecule has 1 amide bonds. The summed E-state index contributed by atoms with van der Waals surface area (Å²) < 4.78 is 0. The number of allylic oxidation sites excluding steroid dienone is 2. The number of aliphatic carboxylic acids is 1. The van der Waals surface area contributed by atoms with E-state index < -0.39 is 17.8 Å². The highest BCUT2D eigenvalue weighted by molar-refractivity contribution is 5.85. The molecule has 2 atom stereocenters. The molecular weight excluding hydrogens is 256 g/mol. The van der Waals surface area contributed by atoms with Gasteiger partial charge in [0.2, 0.25) is 5.91 Å². The number of nitrogens with one attached hydrogen (secondary N) is 1. The van der Waals surface area contributed by atoms with Crippen LogP contribution in [0.15, 0.2) is 12.2 Å². The normalized spacial score (nSPS) is 27.2. The van der Waals surface area contributed by atoms with Crippen molar-refractivity contribution in [3.05, 3.63) is 12.2 Å². The fourth-order valence-electron chi connectivity index (χ4n) is 3.03. The first-order valence-electron chi connectivity index (χ1n) is 7.56. The minimum absolute atomic E-state index is 0.112. The quantitative estimate of drug-likeness (QED) is 0.744. The van der Waals surface area contributed by atoms with Gasteiger partial charge in [-0.1, -0.05) is 18.6 Å². The van der Waals surface area contributed by atoms with Crippen LogP contribution < -0.4 is 5.32 Å². The summed E-state index contributed by atoms with van der Waals surface area (Å²) in [5.74, 6) is -1.97. The van der Waals surface area contributed by atoms with E-state index in [1.807, 2.05) is 12.2 Å². The number of nitrogens with zero attached hydrogens (tertiary/aromatic N) is 1. The summed E-state index contributed by atoms with van der Waals surface area (Å²) in [6, 6.07) is 0. The first-order chi connectivity index (χ1) is 9.68. The van der Waals surface area contributed by atoms with Crippen molar-refractivity contribution in [3.63, 3.8) is 0 Å². The van der Waals surface area contributed by atoms with Crippen molar-refractivity contribution in [1.82, 2.24) is 10.2 Å². The highest BCUT2D eigenvalue weighted by Crippen LogP contribution is 2.25. The first kappa shape index (κ1) is 15.0. The second kappa shape index (κ2) is 7.43. The van der Waals surface area contributed by atoms with Crippen molar-refractivity contribution in [2.24, 2.45) is 11.8 Å². The zero-order chi connectivity index (χ0) is 14.4. The Hall–Kier alpha value is -1.36. The van der Waals surface area contributed by atoms with Gasteiger partial charge in [0, 0.05) is 13.1 Å². The summed E-state index contributed by atoms with van der Waals surface area (Å²) in [7, 11) is 0. The Kier molecular flexibility index (Phi) is 5.59. The number of likely N-dealkylation sites (tertiary alicyclic amines) is 1. The number of carbonyl (C=O) groups is 2. The van der Waals surface area contributed by atoms with Crippen LogP contribution in [0.4, 0.5) is 0 Å². The van der Waals surface area contributed by atoms with Crippen LogP contribution in [0.2, 0.25) is 0 Å². The second-order valence-electron chi connectivity index (χ2n) is 5.69. The lowest BCUT2D eigenvalue weighted by atomic mass is 9.82. The summed E-state index contributed by atoms with van der Waals surface area (Å²) in [4.78, 5) is 25.7. The number of carbonyl (C=O) groups excluding carboxylic acids is 1. The third-order valence-corrected chi connectivity index (χ3v) is 4.26. The molecule has 112 valence electrons. The van der Waals surface area contributed by atoms with Crippen molar-refractivity contribution < 1.29 is 14.7 Å². The second-order valence-corrected chi connectivity index (χ2v) is 5.69. The van der Waals surface area contributed by atoms with Gasteiger partial charge >= 0.3 is 5.97 Å². The lowest BCUT2D eigenvalue weighted by Crippen LogP contribution is -2.42. The SMILES string of the molecule is O=C(O)C1CC=CCC1C(=O)NCCN1CCCCC1. The van der Waals surface area contributed by atoms with Gasteiger partial charge in [-0.25, -0.2) is 0 Å². The Morgan fingerprint density at radius 3 is 2.40 bits per heavy atom. The zero-order valence-electron chi connectivity index (χ0n) is 11.9. The lowest BCUT2D eigenvalue weighted by molar-refractivity contribution is -0.147. The molecule has 0 spiro atoms. The van der Waals surface area contributed by atoms with E-state index in [2.05, 4.69) is 10.2 Å². The van der Waals surface area contributed by atoms with Crippen LogP contribution in [0.25, 0.3) is 0 Å². The fraction of sp³-hybridized carbons (Fsp3) is 0.733. The molecule has 1 fully saturated rings. The summed E-state index contributed by atoms with van der Waals surface area (Å²) in [5.41, 5.74) is 0. The van der Waals surface area contributed by atoms with Crippen LogP contribution >= 0.6 is 0 Å². The Balaban J connectivity index is 1.75. The Bertz CT molecular complexity index is 375. The lowest BCUT2D eigenvalue weighted by Gasteiger charge is -2.27. The molecule has 1 aliphatic heterocycles. The Morgan fingerprint density at radius 1 is 1.10 bits per heavy atom. The van der Waals surface area contributed by atoms with Crippen LogP contribution in [-0.2, 0) is 9.59 Å². The molecule has 20 heavy (non-hydrogen) atoms. The van der Waals surface area contributed by atoms with E-state index in [4.69, 9.17) is 5.11 Å². The van der Waals surface area contributed by atoms with E-state index in [0.717, 1.165) is 19.6 Å². The van der Waals surface area contributed by atoms with E-state index in [0.29, 0.717) is 19.4 Å². The number of rotatable bonds is 5. The standard InChI is InChI=1S/C15H24N2O3/c18-14(12-6-2-3-7-13(12)15(19)20)16-8-11-17-9-4-1-5-10-17/h2-3,12-13H,1,4-11H2,(H,16,18)(H,19,20). The van der Waals surface area contributed by atoms with Gasteiger partial charge < -0.3 is 15.3 Å². The van der Waals surface area contributed by atoms with Gasteiger partial charge in [0.25, 0.3) is 0 Å². The molecule has 1 saturated heterocycles. The average molecular weight is 280 g/mol. The highest BCUT2D eigenvalue weighted by atomic mass is 16.4. The Morgan fingerprint density at radius 2 is 1.75 bits per heavy atom. The van der Waals surface area contributed by atoms with E-state index in [1.165, 1.54) is 19.3 Å². The fourth-order valence-corrected chi connectivity index (χ4v) is 3.03. The van der Waals surface area contributed by atoms with Crippen molar-refractivity contribution in [2.45, 2.75) is 32.1 Å². The van der Waals surface area contributed by atoms with Crippen LogP contribution in [0.1, 0.15) is 32.1 Å². The highest BCUT2D eigenvalue weighted by Gasteiger charge is 2.33. The maximum Gasteiger partial charge on any atom is 0.307 e. The number of piperidine rings is 1. The Labute approximate surface area is 120 Å². The molecule has 0 saturated carbocycles. The molecule has 1 aliphatic carbocycles. The smallest absolute Gasteiger partial charge is 0.307 e. The van der Waals surface area contributed by atoms with E-state index in [9.17, 15) is 9.59 Å².